The molecule has 2 unspecified atom stereocenters. The number of benzene rings is 1. The Labute approximate surface area is 108 Å². The first kappa shape index (κ1) is 14.9. The molecule has 0 amide bonds. The van der Waals surface area contributed by atoms with E-state index in [4.69, 9.17) is 9.47 Å². The van der Waals surface area contributed by atoms with Gasteiger partial charge in [-0.25, -0.2) is 4.39 Å². The van der Waals surface area contributed by atoms with E-state index in [1.165, 1.54) is 12.1 Å². The van der Waals surface area contributed by atoms with Crippen molar-refractivity contribution in [3.8, 4) is 5.75 Å². The van der Waals surface area contributed by atoms with E-state index in [9.17, 15) is 4.39 Å². The first-order chi connectivity index (χ1) is 8.58. The van der Waals surface area contributed by atoms with Crippen LogP contribution < -0.4 is 10.1 Å². The van der Waals surface area contributed by atoms with Crippen LogP contribution in [0.1, 0.15) is 32.4 Å². The minimum Gasteiger partial charge on any atom is -0.491 e. The summed E-state index contributed by atoms with van der Waals surface area (Å²) in [5, 5.41) is 3.25. The first-order valence-corrected chi connectivity index (χ1v) is 6.26. The van der Waals surface area contributed by atoms with Crippen LogP contribution in [0.5, 0.6) is 5.75 Å². The van der Waals surface area contributed by atoms with Gasteiger partial charge in [-0.1, -0.05) is 6.92 Å². The van der Waals surface area contributed by atoms with Gasteiger partial charge in [-0.05, 0) is 38.6 Å². The number of methoxy groups -OCH3 is 1. The Morgan fingerprint density at radius 2 is 2.06 bits per heavy atom. The predicted molar refractivity (Wildman–Crippen MR) is 70.5 cm³/mol. The SMILES string of the molecule is CCNC(C)c1cc(F)ccc1OCC(C)OC. The van der Waals surface area contributed by atoms with Gasteiger partial charge < -0.3 is 14.8 Å². The van der Waals surface area contributed by atoms with Crippen LogP contribution in [-0.2, 0) is 4.74 Å². The lowest BCUT2D eigenvalue weighted by atomic mass is 10.1. The van der Waals surface area contributed by atoms with Gasteiger partial charge in [0.05, 0.1) is 6.10 Å². The molecule has 1 aromatic carbocycles. The van der Waals surface area contributed by atoms with Crippen molar-refractivity contribution in [3.63, 3.8) is 0 Å². The van der Waals surface area contributed by atoms with Gasteiger partial charge in [0.25, 0.3) is 0 Å². The van der Waals surface area contributed by atoms with E-state index >= 15 is 0 Å². The highest BCUT2D eigenvalue weighted by molar-refractivity contribution is 5.36. The van der Waals surface area contributed by atoms with E-state index in [1.54, 1.807) is 13.2 Å². The molecule has 18 heavy (non-hydrogen) atoms. The zero-order chi connectivity index (χ0) is 13.5. The number of hydrogen-bond acceptors (Lipinski definition) is 3. The maximum absolute atomic E-state index is 13.3. The lowest BCUT2D eigenvalue weighted by molar-refractivity contribution is 0.0711. The van der Waals surface area contributed by atoms with Crippen molar-refractivity contribution in [2.45, 2.75) is 32.9 Å². The fraction of sp³-hybridized carbons (Fsp3) is 0.571. The Kier molecular flexibility index (Phi) is 6.09. The molecule has 0 bridgehead atoms. The number of nitrogens with one attached hydrogen (secondary N) is 1. The van der Waals surface area contributed by atoms with E-state index in [-0.39, 0.29) is 18.0 Å². The van der Waals surface area contributed by atoms with Gasteiger partial charge in [0.2, 0.25) is 0 Å². The third kappa shape index (κ3) is 4.27. The van der Waals surface area contributed by atoms with Crippen molar-refractivity contribution in [3.05, 3.63) is 29.6 Å². The lowest BCUT2D eigenvalue weighted by Gasteiger charge is -2.19. The Balaban J connectivity index is 2.82. The molecule has 3 nitrogen and oxygen atoms in total. The summed E-state index contributed by atoms with van der Waals surface area (Å²) in [6.07, 6.45) is 0.0114. The fourth-order valence-corrected chi connectivity index (χ4v) is 1.68. The van der Waals surface area contributed by atoms with Crippen LogP contribution in [0.15, 0.2) is 18.2 Å². The molecule has 102 valence electrons. The zero-order valence-corrected chi connectivity index (χ0v) is 11.5. The van der Waals surface area contributed by atoms with Crippen LogP contribution in [0.3, 0.4) is 0 Å². The molecule has 0 aliphatic carbocycles. The van der Waals surface area contributed by atoms with Crippen molar-refractivity contribution >= 4 is 0 Å². The quantitative estimate of drug-likeness (QED) is 0.812. The van der Waals surface area contributed by atoms with Gasteiger partial charge in [0, 0.05) is 18.7 Å². The molecule has 0 heterocycles. The number of halogens is 1. The molecule has 0 radical (unpaired) electrons. The highest BCUT2D eigenvalue weighted by atomic mass is 19.1. The van der Waals surface area contributed by atoms with Gasteiger partial charge in [-0.15, -0.1) is 0 Å². The number of hydrogen-bond donors (Lipinski definition) is 1. The fourth-order valence-electron chi connectivity index (χ4n) is 1.68. The van der Waals surface area contributed by atoms with Crippen LogP contribution in [-0.4, -0.2) is 26.4 Å². The molecular weight excluding hydrogens is 233 g/mol. The Hall–Kier alpha value is -1.13. The van der Waals surface area contributed by atoms with Gasteiger partial charge >= 0.3 is 0 Å². The third-order valence-electron chi connectivity index (χ3n) is 2.82. The summed E-state index contributed by atoms with van der Waals surface area (Å²) in [7, 11) is 1.64. The maximum atomic E-state index is 13.3. The topological polar surface area (TPSA) is 30.5 Å². The Morgan fingerprint density at radius 1 is 1.33 bits per heavy atom. The van der Waals surface area contributed by atoms with Gasteiger partial charge in [-0.3, -0.25) is 0 Å². The molecule has 4 heteroatoms. The lowest BCUT2D eigenvalue weighted by Crippen LogP contribution is -2.21. The second-order valence-electron chi connectivity index (χ2n) is 4.32. The predicted octanol–water partition coefficient (Wildman–Crippen LogP) is 2.91. The molecule has 1 aromatic rings. The van der Waals surface area contributed by atoms with Crippen LogP contribution in [0.4, 0.5) is 4.39 Å². The van der Waals surface area contributed by atoms with Gasteiger partial charge in [0.1, 0.15) is 18.2 Å². The molecule has 0 fully saturated rings. The maximum Gasteiger partial charge on any atom is 0.124 e. The van der Waals surface area contributed by atoms with E-state index in [1.807, 2.05) is 20.8 Å². The molecule has 0 aliphatic heterocycles. The van der Waals surface area contributed by atoms with Crippen molar-refractivity contribution in [2.75, 3.05) is 20.3 Å². The summed E-state index contributed by atoms with van der Waals surface area (Å²) in [5.74, 6) is 0.454. The molecule has 0 spiro atoms. The van der Waals surface area contributed by atoms with E-state index in [0.29, 0.717) is 12.4 Å². The highest BCUT2D eigenvalue weighted by Gasteiger charge is 2.13. The molecule has 1 rings (SSSR count). The molecule has 0 saturated heterocycles. The van der Waals surface area contributed by atoms with Crippen molar-refractivity contribution in [2.24, 2.45) is 0 Å². The average molecular weight is 255 g/mol. The summed E-state index contributed by atoms with van der Waals surface area (Å²) in [6, 6.07) is 4.65. The summed E-state index contributed by atoms with van der Waals surface area (Å²) in [5.41, 5.74) is 0.833. The minimum atomic E-state index is -0.248. The minimum absolute atomic E-state index is 0.0114. The molecule has 1 N–H and O–H groups in total. The van der Waals surface area contributed by atoms with Crippen LogP contribution in [0.25, 0.3) is 0 Å². The summed E-state index contributed by atoms with van der Waals surface area (Å²) < 4.78 is 24.1. The Morgan fingerprint density at radius 3 is 2.67 bits per heavy atom. The third-order valence-corrected chi connectivity index (χ3v) is 2.82. The summed E-state index contributed by atoms with van der Waals surface area (Å²) in [6.45, 7) is 7.21. The van der Waals surface area contributed by atoms with Crippen molar-refractivity contribution < 1.29 is 13.9 Å². The van der Waals surface area contributed by atoms with E-state index < -0.39 is 0 Å². The van der Waals surface area contributed by atoms with Crippen LogP contribution >= 0.6 is 0 Å². The van der Waals surface area contributed by atoms with Gasteiger partial charge in [0.15, 0.2) is 0 Å². The van der Waals surface area contributed by atoms with Crippen LogP contribution in [0, 0.1) is 5.82 Å². The molecule has 0 saturated carbocycles. The zero-order valence-electron chi connectivity index (χ0n) is 11.5. The normalized spacial score (nSPS) is 14.3. The molecule has 0 aromatic heterocycles. The standard InChI is InChI=1S/C14H22FNO2/c1-5-16-11(3)13-8-12(15)6-7-14(13)18-9-10(2)17-4/h6-8,10-11,16H,5,9H2,1-4H3. The highest BCUT2D eigenvalue weighted by Crippen LogP contribution is 2.26. The second-order valence-corrected chi connectivity index (χ2v) is 4.32. The largest absolute Gasteiger partial charge is 0.491 e. The summed E-state index contributed by atoms with van der Waals surface area (Å²) >= 11 is 0. The second kappa shape index (κ2) is 7.34. The monoisotopic (exact) mass is 255 g/mol. The van der Waals surface area contributed by atoms with Crippen LogP contribution in [0.2, 0.25) is 0 Å². The number of ether oxygens (including phenoxy) is 2. The molecule has 2 atom stereocenters. The average Bonchev–Trinajstić information content (AvgIpc) is 2.37. The van der Waals surface area contributed by atoms with Crippen molar-refractivity contribution in [1.82, 2.24) is 5.32 Å². The Bertz CT molecular complexity index is 371. The van der Waals surface area contributed by atoms with Crippen molar-refractivity contribution in [1.29, 1.82) is 0 Å². The van der Waals surface area contributed by atoms with E-state index in [2.05, 4.69) is 5.32 Å². The molecule has 0 aliphatic rings. The summed E-state index contributed by atoms with van der Waals surface area (Å²) in [4.78, 5) is 0. The number of rotatable bonds is 7. The van der Waals surface area contributed by atoms with E-state index in [0.717, 1.165) is 12.1 Å². The smallest absolute Gasteiger partial charge is 0.124 e. The molecular formula is C14H22FNO2. The van der Waals surface area contributed by atoms with Gasteiger partial charge in [-0.2, -0.15) is 0 Å². The first-order valence-electron chi connectivity index (χ1n) is 6.26.